The average molecular weight is 269 g/mol. The van der Waals surface area contributed by atoms with E-state index in [4.69, 9.17) is 5.73 Å². The number of aryl methyl sites for hydroxylation is 1. The molecule has 0 aliphatic carbocycles. The molecule has 2 rings (SSSR count). The van der Waals surface area contributed by atoms with Gasteiger partial charge in [-0.15, -0.1) is 0 Å². The van der Waals surface area contributed by atoms with Gasteiger partial charge in [0, 0.05) is 30.9 Å². The Hall–Kier alpha value is -2.20. The van der Waals surface area contributed by atoms with Gasteiger partial charge in [0.25, 0.3) is 0 Å². The lowest BCUT2D eigenvalue weighted by atomic mass is 10.0. The number of amides is 1. The Morgan fingerprint density at radius 2 is 2.00 bits per heavy atom. The SMILES string of the molecule is Cc1ccc(CNC(=O)CC(N)c2ccccc2)cn1. The molecule has 1 aromatic heterocycles. The van der Waals surface area contributed by atoms with E-state index in [2.05, 4.69) is 10.3 Å². The number of hydrogen-bond donors (Lipinski definition) is 2. The van der Waals surface area contributed by atoms with Crippen molar-refractivity contribution in [3.8, 4) is 0 Å². The Morgan fingerprint density at radius 3 is 2.65 bits per heavy atom. The van der Waals surface area contributed by atoms with E-state index >= 15 is 0 Å². The molecule has 0 saturated heterocycles. The van der Waals surface area contributed by atoms with Crippen LogP contribution in [0.3, 0.4) is 0 Å². The van der Waals surface area contributed by atoms with E-state index in [1.54, 1.807) is 6.20 Å². The number of nitrogens with one attached hydrogen (secondary N) is 1. The molecule has 1 heterocycles. The van der Waals surface area contributed by atoms with Crippen LogP contribution in [0.5, 0.6) is 0 Å². The topological polar surface area (TPSA) is 68.0 Å². The van der Waals surface area contributed by atoms with Gasteiger partial charge in [-0.1, -0.05) is 36.4 Å². The van der Waals surface area contributed by atoms with Crippen molar-refractivity contribution < 1.29 is 4.79 Å². The average Bonchev–Trinajstić information content (AvgIpc) is 2.47. The highest BCUT2D eigenvalue weighted by molar-refractivity contribution is 5.76. The lowest BCUT2D eigenvalue weighted by molar-refractivity contribution is -0.121. The third kappa shape index (κ3) is 4.17. The summed E-state index contributed by atoms with van der Waals surface area (Å²) in [7, 11) is 0. The second-order valence-electron chi connectivity index (χ2n) is 4.81. The molecule has 2 aromatic rings. The number of hydrogen-bond acceptors (Lipinski definition) is 3. The molecule has 3 N–H and O–H groups in total. The van der Waals surface area contributed by atoms with Crippen molar-refractivity contribution in [2.24, 2.45) is 5.73 Å². The monoisotopic (exact) mass is 269 g/mol. The summed E-state index contributed by atoms with van der Waals surface area (Å²) in [5, 5.41) is 2.86. The Kier molecular flexibility index (Phi) is 4.85. The molecule has 0 bridgehead atoms. The maximum absolute atomic E-state index is 11.9. The van der Waals surface area contributed by atoms with Gasteiger partial charge in [-0.25, -0.2) is 0 Å². The number of carbonyl (C=O) groups excluding carboxylic acids is 1. The molecule has 0 saturated carbocycles. The van der Waals surface area contributed by atoms with Gasteiger partial charge in [-0.05, 0) is 24.1 Å². The van der Waals surface area contributed by atoms with Crippen LogP contribution in [0, 0.1) is 6.92 Å². The number of benzene rings is 1. The first-order valence-corrected chi connectivity index (χ1v) is 6.64. The number of rotatable bonds is 5. The number of aromatic nitrogens is 1. The van der Waals surface area contributed by atoms with Gasteiger partial charge in [0.2, 0.25) is 5.91 Å². The maximum Gasteiger partial charge on any atom is 0.222 e. The van der Waals surface area contributed by atoms with Crippen molar-refractivity contribution in [3.05, 3.63) is 65.5 Å². The van der Waals surface area contributed by atoms with Crippen LogP contribution in [0.2, 0.25) is 0 Å². The third-order valence-corrected chi connectivity index (χ3v) is 3.10. The van der Waals surface area contributed by atoms with Gasteiger partial charge >= 0.3 is 0 Å². The summed E-state index contributed by atoms with van der Waals surface area (Å²) >= 11 is 0. The Bertz CT molecular complexity index is 552. The van der Waals surface area contributed by atoms with Gasteiger partial charge in [0.15, 0.2) is 0 Å². The summed E-state index contributed by atoms with van der Waals surface area (Å²) in [4.78, 5) is 16.0. The van der Waals surface area contributed by atoms with E-state index in [0.29, 0.717) is 6.54 Å². The fourth-order valence-corrected chi connectivity index (χ4v) is 1.89. The zero-order chi connectivity index (χ0) is 14.4. The zero-order valence-corrected chi connectivity index (χ0v) is 11.5. The first-order chi connectivity index (χ1) is 9.65. The molecule has 0 radical (unpaired) electrons. The molecule has 0 spiro atoms. The molecule has 104 valence electrons. The molecule has 20 heavy (non-hydrogen) atoms. The molecule has 1 atom stereocenters. The summed E-state index contributed by atoms with van der Waals surface area (Å²) in [5.74, 6) is -0.0538. The van der Waals surface area contributed by atoms with Gasteiger partial charge in [0.05, 0.1) is 0 Å². The van der Waals surface area contributed by atoms with E-state index in [9.17, 15) is 4.79 Å². The first-order valence-electron chi connectivity index (χ1n) is 6.64. The number of carbonyl (C=O) groups is 1. The number of nitrogens with two attached hydrogens (primary N) is 1. The summed E-state index contributed by atoms with van der Waals surface area (Å²) in [6, 6.07) is 13.3. The Labute approximate surface area is 119 Å². The maximum atomic E-state index is 11.9. The van der Waals surface area contributed by atoms with Crippen LogP contribution < -0.4 is 11.1 Å². The molecular formula is C16H19N3O. The summed E-state index contributed by atoms with van der Waals surface area (Å²) in [6.45, 7) is 2.41. The molecule has 1 aromatic carbocycles. The minimum absolute atomic E-state index is 0.0538. The van der Waals surface area contributed by atoms with Crippen LogP contribution in [-0.4, -0.2) is 10.9 Å². The molecule has 4 heteroatoms. The van der Waals surface area contributed by atoms with Crippen molar-refractivity contribution in [2.75, 3.05) is 0 Å². The third-order valence-electron chi connectivity index (χ3n) is 3.10. The fraction of sp³-hybridized carbons (Fsp3) is 0.250. The highest BCUT2D eigenvalue weighted by Gasteiger charge is 2.10. The van der Waals surface area contributed by atoms with E-state index in [1.165, 1.54) is 0 Å². The summed E-state index contributed by atoms with van der Waals surface area (Å²) in [5.41, 5.74) is 8.93. The van der Waals surface area contributed by atoms with Crippen molar-refractivity contribution in [3.63, 3.8) is 0 Å². The normalized spacial score (nSPS) is 11.9. The molecule has 1 unspecified atom stereocenters. The second kappa shape index (κ2) is 6.82. The lowest BCUT2D eigenvalue weighted by Crippen LogP contribution is -2.27. The second-order valence-corrected chi connectivity index (χ2v) is 4.81. The molecule has 0 aliphatic heterocycles. The smallest absolute Gasteiger partial charge is 0.222 e. The largest absolute Gasteiger partial charge is 0.352 e. The molecular weight excluding hydrogens is 250 g/mol. The standard InChI is InChI=1S/C16H19N3O/c1-12-7-8-13(10-18-12)11-19-16(20)9-15(17)14-5-3-2-4-6-14/h2-8,10,15H,9,11,17H2,1H3,(H,19,20). The molecule has 0 fully saturated rings. The quantitative estimate of drug-likeness (QED) is 0.873. The van der Waals surface area contributed by atoms with Crippen molar-refractivity contribution in [2.45, 2.75) is 25.9 Å². The van der Waals surface area contributed by atoms with Crippen molar-refractivity contribution in [1.29, 1.82) is 0 Å². The van der Waals surface area contributed by atoms with Gasteiger partial charge in [0.1, 0.15) is 0 Å². The first kappa shape index (κ1) is 14.2. The Balaban J connectivity index is 1.82. The highest BCUT2D eigenvalue weighted by Crippen LogP contribution is 2.12. The van der Waals surface area contributed by atoms with Crippen LogP contribution in [0.1, 0.15) is 29.3 Å². The summed E-state index contributed by atoms with van der Waals surface area (Å²) in [6.07, 6.45) is 2.05. The molecule has 0 aliphatic rings. The number of nitrogens with zero attached hydrogens (tertiary/aromatic N) is 1. The fourth-order valence-electron chi connectivity index (χ4n) is 1.89. The molecule has 1 amide bonds. The van der Waals surface area contributed by atoms with Crippen LogP contribution in [0.25, 0.3) is 0 Å². The number of pyridine rings is 1. The van der Waals surface area contributed by atoms with Crippen molar-refractivity contribution in [1.82, 2.24) is 10.3 Å². The van der Waals surface area contributed by atoms with Gasteiger partial charge in [-0.2, -0.15) is 0 Å². The predicted octanol–water partition coefficient (Wildman–Crippen LogP) is 2.10. The lowest BCUT2D eigenvalue weighted by Gasteiger charge is -2.12. The van der Waals surface area contributed by atoms with Crippen LogP contribution in [-0.2, 0) is 11.3 Å². The van der Waals surface area contributed by atoms with E-state index in [1.807, 2.05) is 49.4 Å². The van der Waals surface area contributed by atoms with Gasteiger partial charge in [-0.3, -0.25) is 9.78 Å². The summed E-state index contributed by atoms with van der Waals surface area (Å²) < 4.78 is 0. The predicted molar refractivity (Wildman–Crippen MR) is 78.8 cm³/mol. The van der Waals surface area contributed by atoms with E-state index < -0.39 is 0 Å². The molecule has 4 nitrogen and oxygen atoms in total. The van der Waals surface area contributed by atoms with Crippen molar-refractivity contribution >= 4 is 5.91 Å². The minimum Gasteiger partial charge on any atom is -0.352 e. The van der Waals surface area contributed by atoms with E-state index in [0.717, 1.165) is 16.8 Å². The van der Waals surface area contributed by atoms with E-state index in [-0.39, 0.29) is 18.4 Å². The Morgan fingerprint density at radius 1 is 1.25 bits per heavy atom. The van der Waals surface area contributed by atoms with Gasteiger partial charge < -0.3 is 11.1 Å². The van der Waals surface area contributed by atoms with Crippen LogP contribution in [0.15, 0.2) is 48.7 Å². The van der Waals surface area contributed by atoms with Crippen LogP contribution >= 0.6 is 0 Å². The minimum atomic E-state index is -0.271. The highest BCUT2D eigenvalue weighted by atomic mass is 16.1. The zero-order valence-electron chi connectivity index (χ0n) is 11.5. The van der Waals surface area contributed by atoms with Crippen LogP contribution in [0.4, 0.5) is 0 Å².